The number of terminal acetylenes is 1. The second-order valence-electron chi connectivity index (χ2n) is 1.79. The second-order valence-corrected chi connectivity index (χ2v) is 1.79. The molecule has 2 nitrogen and oxygen atoms in total. The molecule has 0 fully saturated rings. The van der Waals surface area contributed by atoms with Crippen molar-refractivity contribution < 1.29 is 0 Å². The van der Waals surface area contributed by atoms with E-state index >= 15 is 0 Å². The molecule has 3 N–H and O–H groups in total. The third-order valence-corrected chi connectivity index (χ3v) is 1.15. The molecule has 0 aromatic carbocycles. The zero-order valence-corrected chi connectivity index (χ0v) is 4.96. The van der Waals surface area contributed by atoms with Gasteiger partial charge in [0.05, 0.1) is 0 Å². The molecule has 0 aromatic heterocycles. The fourth-order valence-electron chi connectivity index (χ4n) is 0.648. The molecule has 2 heteroatoms. The molecule has 0 aromatic rings. The number of nitrogens with two attached hydrogens (primary N) is 1. The Kier molecular flexibility index (Phi) is 1.46. The lowest BCUT2D eigenvalue weighted by Crippen LogP contribution is -2.30. The summed E-state index contributed by atoms with van der Waals surface area (Å²) in [5.41, 5.74) is 6.19. The summed E-state index contributed by atoms with van der Waals surface area (Å²) < 4.78 is 0. The highest BCUT2D eigenvalue weighted by Crippen LogP contribution is 1.98. The van der Waals surface area contributed by atoms with Crippen LogP contribution in [0.2, 0.25) is 0 Å². The Morgan fingerprint density at radius 2 is 2.56 bits per heavy atom. The van der Waals surface area contributed by atoms with Crippen molar-refractivity contribution in [3.05, 3.63) is 24.0 Å². The molecule has 0 saturated carbocycles. The van der Waals surface area contributed by atoms with Crippen LogP contribution in [0.4, 0.5) is 0 Å². The van der Waals surface area contributed by atoms with Crippen LogP contribution in [0.5, 0.6) is 0 Å². The van der Waals surface area contributed by atoms with Gasteiger partial charge < -0.3 is 11.1 Å². The zero-order valence-electron chi connectivity index (χ0n) is 4.96. The minimum Gasteiger partial charge on any atom is -0.400 e. The van der Waals surface area contributed by atoms with Gasteiger partial charge in [0, 0.05) is 5.70 Å². The minimum atomic E-state index is -0.116. The average molecular weight is 120 g/mol. The number of nitrogens with one attached hydrogen (secondary N) is 1. The second kappa shape index (κ2) is 2.27. The van der Waals surface area contributed by atoms with Gasteiger partial charge in [0.15, 0.2) is 0 Å². The van der Waals surface area contributed by atoms with E-state index in [9.17, 15) is 0 Å². The van der Waals surface area contributed by atoms with Gasteiger partial charge in [-0.05, 0) is 18.4 Å². The van der Waals surface area contributed by atoms with Crippen LogP contribution in [0, 0.1) is 12.3 Å². The Bertz CT molecular complexity index is 195. The highest BCUT2D eigenvalue weighted by Gasteiger charge is 2.05. The Morgan fingerprint density at radius 1 is 1.78 bits per heavy atom. The molecule has 1 aliphatic rings. The molecule has 1 atom stereocenters. The minimum absolute atomic E-state index is 0.116. The van der Waals surface area contributed by atoms with E-state index in [1.165, 1.54) is 0 Å². The lowest BCUT2D eigenvalue weighted by atomic mass is 10.2. The van der Waals surface area contributed by atoms with E-state index in [0.29, 0.717) is 5.70 Å². The van der Waals surface area contributed by atoms with Gasteiger partial charge in [-0.1, -0.05) is 5.92 Å². The average Bonchev–Trinajstić information content (AvgIpc) is 1.89. The number of hydrogen-bond acceptors (Lipinski definition) is 2. The van der Waals surface area contributed by atoms with E-state index in [-0.39, 0.29) is 6.04 Å². The van der Waals surface area contributed by atoms with E-state index in [1.54, 1.807) is 12.3 Å². The van der Waals surface area contributed by atoms with Crippen LogP contribution >= 0.6 is 0 Å². The first-order chi connectivity index (χ1) is 4.34. The van der Waals surface area contributed by atoms with E-state index in [0.717, 1.165) is 0 Å². The van der Waals surface area contributed by atoms with Crippen LogP contribution < -0.4 is 11.1 Å². The van der Waals surface area contributed by atoms with Gasteiger partial charge in [0.1, 0.15) is 6.04 Å². The van der Waals surface area contributed by atoms with Gasteiger partial charge in [0.2, 0.25) is 0 Å². The SMILES string of the molecule is C#CC1NC=CC=C1N. The Balaban J connectivity index is 2.73. The number of hydrogen-bond donors (Lipinski definition) is 2. The Hall–Kier alpha value is -1.36. The lowest BCUT2D eigenvalue weighted by molar-refractivity contribution is 0.794. The fourth-order valence-corrected chi connectivity index (χ4v) is 0.648. The third-order valence-electron chi connectivity index (χ3n) is 1.15. The first-order valence-corrected chi connectivity index (χ1v) is 2.69. The summed E-state index contributed by atoms with van der Waals surface area (Å²) >= 11 is 0. The third kappa shape index (κ3) is 1.06. The summed E-state index contributed by atoms with van der Waals surface area (Å²) in [5, 5.41) is 2.91. The summed E-state index contributed by atoms with van der Waals surface area (Å²) in [7, 11) is 0. The predicted octanol–water partition coefficient (Wildman–Crippen LogP) is -0.0523. The monoisotopic (exact) mass is 120 g/mol. The summed E-state index contributed by atoms with van der Waals surface area (Å²) in [6.45, 7) is 0. The van der Waals surface area contributed by atoms with Gasteiger partial charge in [0.25, 0.3) is 0 Å². The molecule has 0 spiro atoms. The largest absolute Gasteiger partial charge is 0.400 e. The number of allylic oxidation sites excluding steroid dienone is 2. The topological polar surface area (TPSA) is 38.0 Å². The predicted molar refractivity (Wildman–Crippen MR) is 37.2 cm³/mol. The maximum absolute atomic E-state index is 5.49. The summed E-state index contributed by atoms with van der Waals surface area (Å²) in [4.78, 5) is 0. The summed E-state index contributed by atoms with van der Waals surface area (Å²) in [6.07, 6.45) is 10.5. The fraction of sp³-hybridized carbons (Fsp3) is 0.143. The molecule has 1 heterocycles. The molecule has 1 aliphatic heterocycles. The van der Waals surface area contributed by atoms with Gasteiger partial charge in [-0.25, -0.2) is 0 Å². The molecule has 1 rings (SSSR count). The quantitative estimate of drug-likeness (QED) is 0.440. The van der Waals surface area contributed by atoms with Gasteiger partial charge >= 0.3 is 0 Å². The van der Waals surface area contributed by atoms with Crippen LogP contribution in [0.25, 0.3) is 0 Å². The molecule has 0 radical (unpaired) electrons. The van der Waals surface area contributed by atoms with E-state index < -0.39 is 0 Å². The molecule has 0 saturated heterocycles. The maximum Gasteiger partial charge on any atom is 0.127 e. The van der Waals surface area contributed by atoms with Crippen LogP contribution in [0.15, 0.2) is 24.0 Å². The highest BCUT2D eigenvalue weighted by molar-refractivity contribution is 5.27. The molecular formula is C7H8N2. The van der Waals surface area contributed by atoms with Crippen molar-refractivity contribution in [1.29, 1.82) is 0 Å². The Labute approximate surface area is 54.4 Å². The van der Waals surface area contributed by atoms with Gasteiger partial charge in [-0.3, -0.25) is 0 Å². The van der Waals surface area contributed by atoms with Gasteiger partial charge in [-0.2, -0.15) is 0 Å². The standard InChI is InChI=1S/C7H8N2/c1-2-7-6(8)4-3-5-9-7/h1,3-5,7,9H,8H2. The van der Waals surface area contributed by atoms with Crippen LogP contribution in [-0.4, -0.2) is 6.04 Å². The first kappa shape index (κ1) is 5.77. The van der Waals surface area contributed by atoms with Crippen LogP contribution in [0.3, 0.4) is 0 Å². The van der Waals surface area contributed by atoms with Crippen LogP contribution in [-0.2, 0) is 0 Å². The molecule has 1 unspecified atom stereocenters. The summed E-state index contributed by atoms with van der Waals surface area (Å²) in [5.74, 6) is 2.50. The van der Waals surface area contributed by atoms with Crippen LogP contribution in [0.1, 0.15) is 0 Å². The highest BCUT2D eigenvalue weighted by atomic mass is 14.9. The number of dihydropyridines is 1. The molecule has 46 valence electrons. The van der Waals surface area contributed by atoms with E-state index in [1.807, 2.05) is 6.08 Å². The molecule has 9 heavy (non-hydrogen) atoms. The van der Waals surface area contributed by atoms with Crippen molar-refractivity contribution in [3.63, 3.8) is 0 Å². The van der Waals surface area contributed by atoms with Crippen molar-refractivity contribution in [1.82, 2.24) is 5.32 Å². The van der Waals surface area contributed by atoms with Crippen molar-refractivity contribution in [2.45, 2.75) is 6.04 Å². The first-order valence-electron chi connectivity index (χ1n) is 2.69. The van der Waals surface area contributed by atoms with Crippen molar-refractivity contribution in [2.75, 3.05) is 0 Å². The maximum atomic E-state index is 5.49. The Morgan fingerprint density at radius 3 is 3.00 bits per heavy atom. The molecule has 0 aliphatic carbocycles. The zero-order chi connectivity index (χ0) is 6.69. The van der Waals surface area contributed by atoms with Crippen molar-refractivity contribution >= 4 is 0 Å². The lowest BCUT2D eigenvalue weighted by Gasteiger charge is -2.13. The molecular weight excluding hydrogens is 112 g/mol. The number of rotatable bonds is 0. The van der Waals surface area contributed by atoms with E-state index in [4.69, 9.17) is 12.2 Å². The van der Waals surface area contributed by atoms with Crippen molar-refractivity contribution in [2.24, 2.45) is 5.73 Å². The van der Waals surface area contributed by atoms with Crippen molar-refractivity contribution in [3.8, 4) is 12.3 Å². The molecule has 0 amide bonds. The molecule has 0 bridgehead atoms. The van der Waals surface area contributed by atoms with E-state index in [2.05, 4.69) is 11.2 Å². The normalized spacial score (nSPS) is 23.9. The smallest absolute Gasteiger partial charge is 0.127 e. The van der Waals surface area contributed by atoms with Gasteiger partial charge in [-0.15, -0.1) is 6.42 Å². The summed E-state index contributed by atoms with van der Waals surface area (Å²) in [6, 6.07) is -0.116.